The van der Waals surface area contributed by atoms with Gasteiger partial charge in [-0.1, -0.05) is 6.92 Å². The van der Waals surface area contributed by atoms with Gasteiger partial charge in [-0.3, -0.25) is 9.59 Å². The molecule has 0 aliphatic carbocycles. The number of carbonyl (C=O) groups is 2. The lowest BCUT2D eigenvalue weighted by Gasteiger charge is -2.25. The summed E-state index contributed by atoms with van der Waals surface area (Å²) in [7, 11) is 0. The van der Waals surface area contributed by atoms with Crippen LogP contribution in [0.1, 0.15) is 36.3 Å². The third kappa shape index (κ3) is 2.97. The first-order valence-electron chi connectivity index (χ1n) is 5.65. The Morgan fingerprint density at radius 2 is 2.06 bits per heavy atom. The summed E-state index contributed by atoms with van der Waals surface area (Å²) in [4.78, 5) is 27.3. The van der Waals surface area contributed by atoms with Crippen molar-refractivity contribution < 1.29 is 9.59 Å². The maximum absolute atomic E-state index is 12.0. The number of aryl methyl sites for hydroxylation is 1. The number of hydrogen-bond acceptors (Lipinski definition) is 4. The van der Waals surface area contributed by atoms with E-state index >= 15 is 0 Å². The van der Waals surface area contributed by atoms with Crippen molar-refractivity contribution in [1.29, 1.82) is 0 Å². The number of carbonyl (C=O) groups excluding carboxylic acids is 2. The van der Waals surface area contributed by atoms with Gasteiger partial charge in [-0.25, -0.2) is 4.98 Å². The second kappa shape index (κ2) is 5.03. The fourth-order valence-corrected chi connectivity index (χ4v) is 1.47. The average Bonchev–Trinajstić information content (AvgIpc) is 2.27. The van der Waals surface area contributed by atoms with E-state index in [4.69, 9.17) is 11.5 Å². The van der Waals surface area contributed by atoms with Gasteiger partial charge in [0, 0.05) is 11.3 Å². The summed E-state index contributed by atoms with van der Waals surface area (Å²) in [5, 5.41) is 2.62. The van der Waals surface area contributed by atoms with Gasteiger partial charge in [-0.05, 0) is 32.4 Å². The zero-order valence-electron chi connectivity index (χ0n) is 10.8. The van der Waals surface area contributed by atoms with E-state index in [1.165, 1.54) is 6.07 Å². The highest BCUT2D eigenvalue weighted by Crippen LogP contribution is 2.12. The number of nitrogens with zero attached hydrogens (tertiary/aromatic N) is 1. The predicted molar refractivity (Wildman–Crippen MR) is 68.7 cm³/mol. The molecule has 1 atom stereocenters. The number of hydrogen-bond donors (Lipinski definition) is 3. The first-order chi connectivity index (χ1) is 8.28. The number of anilines is 1. The molecule has 0 spiro atoms. The van der Waals surface area contributed by atoms with E-state index < -0.39 is 17.4 Å². The standard InChI is InChI=1S/C12H18N4O2/c1-4-12(3,11(14)18)16-10(17)8-5-7(2)15-9(13)6-8/h5-6H,4H2,1-3H3,(H2,13,15)(H2,14,18)(H,16,17). The second-order valence-corrected chi connectivity index (χ2v) is 4.43. The van der Waals surface area contributed by atoms with Crippen LogP contribution in [-0.4, -0.2) is 22.3 Å². The van der Waals surface area contributed by atoms with Crippen molar-refractivity contribution >= 4 is 17.6 Å². The van der Waals surface area contributed by atoms with Crippen LogP contribution in [0.3, 0.4) is 0 Å². The quantitative estimate of drug-likeness (QED) is 0.716. The molecule has 0 saturated carbocycles. The summed E-state index contributed by atoms with van der Waals surface area (Å²) >= 11 is 0. The van der Waals surface area contributed by atoms with Gasteiger partial charge in [0.05, 0.1) is 0 Å². The SMILES string of the molecule is CCC(C)(NC(=O)c1cc(C)nc(N)c1)C(N)=O. The summed E-state index contributed by atoms with van der Waals surface area (Å²) in [6.07, 6.45) is 0.410. The first-order valence-corrected chi connectivity index (χ1v) is 5.65. The number of amides is 2. The topological polar surface area (TPSA) is 111 Å². The number of rotatable bonds is 4. The molecule has 5 N–H and O–H groups in total. The molecule has 6 nitrogen and oxygen atoms in total. The molecule has 1 rings (SSSR count). The van der Waals surface area contributed by atoms with Crippen molar-refractivity contribution in [2.24, 2.45) is 5.73 Å². The Morgan fingerprint density at radius 1 is 1.44 bits per heavy atom. The molecule has 18 heavy (non-hydrogen) atoms. The number of nitrogen functional groups attached to an aromatic ring is 1. The molecule has 0 aliphatic rings. The Balaban J connectivity index is 2.98. The normalized spacial score (nSPS) is 13.7. The van der Waals surface area contributed by atoms with Crippen LogP contribution in [0.15, 0.2) is 12.1 Å². The number of nitrogens with one attached hydrogen (secondary N) is 1. The highest BCUT2D eigenvalue weighted by molar-refractivity contribution is 5.99. The van der Waals surface area contributed by atoms with Gasteiger partial charge in [-0.15, -0.1) is 0 Å². The van der Waals surface area contributed by atoms with Crippen LogP contribution in [0.25, 0.3) is 0 Å². The van der Waals surface area contributed by atoms with Crippen molar-refractivity contribution in [2.45, 2.75) is 32.7 Å². The molecule has 1 aromatic rings. The highest BCUT2D eigenvalue weighted by Gasteiger charge is 2.31. The van der Waals surface area contributed by atoms with Crippen LogP contribution < -0.4 is 16.8 Å². The molecule has 1 aromatic heterocycles. The van der Waals surface area contributed by atoms with Gasteiger partial charge in [0.2, 0.25) is 5.91 Å². The Hall–Kier alpha value is -2.11. The summed E-state index contributed by atoms with van der Waals surface area (Å²) in [6, 6.07) is 3.06. The van der Waals surface area contributed by atoms with Crippen LogP contribution in [0, 0.1) is 6.92 Å². The third-order valence-electron chi connectivity index (χ3n) is 2.88. The van der Waals surface area contributed by atoms with E-state index in [-0.39, 0.29) is 5.82 Å². The molecule has 1 unspecified atom stereocenters. The molecule has 0 fully saturated rings. The molecule has 0 aliphatic heterocycles. The molecular formula is C12H18N4O2. The Kier molecular flexibility index (Phi) is 3.90. The summed E-state index contributed by atoms with van der Waals surface area (Å²) in [5.41, 5.74) is 10.8. The van der Waals surface area contributed by atoms with E-state index in [9.17, 15) is 9.59 Å². The fourth-order valence-electron chi connectivity index (χ4n) is 1.47. The van der Waals surface area contributed by atoms with E-state index in [1.807, 2.05) is 0 Å². The molecule has 0 radical (unpaired) electrons. The van der Waals surface area contributed by atoms with Gasteiger partial charge >= 0.3 is 0 Å². The Labute approximate surface area is 106 Å². The molecule has 0 bridgehead atoms. The molecule has 6 heteroatoms. The highest BCUT2D eigenvalue weighted by atomic mass is 16.2. The number of nitrogens with two attached hydrogens (primary N) is 2. The number of primary amides is 1. The molecule has 0 aromatic carbocycles. The molecular weight excluding hydrogens is 232 g/mol. The van der Waals surface area contributed by atoms with Crippen molar-refractivity contribution in [3.05, 3.63) is 23.4 Å². The van der Waals surface area contributed by atoms with Crippen molar-refractivity contribution in [2.75, 3.05) is 5.73 Å². The predicted octanol–water partition coefficient (Wildman–Crippen LogP) is 0.356. The van der Waals surface area contributed by atoms with Gasteiger partial charge in [0.1, 0.15) is 11.4 Å². The van der Waals surface area contributed by atoms with Crippen molar-refractivity contribution in [3.63, 3.8) is 0 Å². The van der Waals surface area contributed by atoms with E-state index in [2.05, 4.69) is 10.3 Å². The maximum Gasteiger partial charge on any atom is 0.252 e. The lowest BCUT2D eigenvalue weighted by atomic mass is 9.97. The van der Waals surface area contributed by atoms with E-state index in [0.29, 0.717) is 17.7 Å². The lowest BCUT2D eigenvalue weighted by molar-refractivity contribution is -0.123. The zero-order valence-corrected chi connectivity index (χ0v) is 10.8. The van der Waals surface area contributed by atoms with Crippen LogP contribution in [0.5, 0.6) is 0 Å². The monoisotopic (exact) mass is 250 g/mol. The van der Waals surface area contributed by atoms with Gasteiger partial charge < -0.3 is 16.8 Å². The van der Waals surface area contributed by atoms with Crippen LogP contribution >= 0.6 is 0 Å². The Morgan fingerprint density at radius 3 is 2.50 bits per heavy atom. The van der Waals surface area contributed by atoms with Crippen molar-refractivity contribution in [1.82, 2.24) is 10.3 Å². The van der Waals surface area contributed by atoms with Gasteiger partial charge in [-0.2, -0.15) is 0 Å². The minimum absolute atomic E-state index is 0.262. The first kappa shape index (κ1) is 14.0. The lowest BCUT2D eigenvalue weighted by Crippen LogP contribution is -2.54. The maximum atomic E-state index is 12.0. The minimum Gasteiger partial charge on any atom is -0.384 e. The smallest absolute Gasteiger partial charge is 0.252 e. The van der Waals surface area contributed by atoms with Gasteiger partial charge in [0.15, 0.2) is 0 Å². The second-order valence-electron chi connectivity index (χ2n) is 4.43. The molecule has 0 saturated heterocycles. The largest absolute Gasteiger partial charge is 0.384 e. The van der Waals surface area contributed by atoms with E-state index in [1.54, 1.807) is 26.8 Å². The van der Waals surface area contributed by atoms with Crippen LogP contribution in [-0.2, 0) is 4.79 Å². The average molecular weight is 250 g/mol. The zero-order chi connectivity index (χ0) is 13.9. The van der Waals surface area contributed by atoms with Crippen LogP contribution in [0.2, 0.25) is 0 Å². The number of aromatic nitrogens is 1. The Bertz CT molecular complexity index is 467. The summed E-state index contributed by atoms with van der Waals surface area (Å²) in [5.74, 6) is -0.704. The fraction of sp³-hybridized carbons (Fsp3) is 0.417. The summed E-state index contributed by atoms with van der Waals surface area (Å²) < 4.78 is 0. The third-order valence-corrected chi connectivity index (χ3v) is 2.88. The number of pyridine rings is 1. The van der Waals surface area contributed by atoms with Crippen molar-refractivity contribution in [3.8, 4) is 0 Å². The van der Waals surface area contributed by atoms with E-state index in [0.717, 1.165) is 0 Å². The molecule has 98 valence electrons. The van der Waals surface area contributed by atoms with Gasteiger partial charge in [0.25, 0.3) is 5.91 Å². The molecule has 1 heterocycles. The molecule has 2 amide bonds. The van der Waals surface area contributed by atoms with Crippen LogP contribution in [0.4, 0.5) is 5.82 Å². The minimum atomic E-state index is -1.07. The summed E-state index contributed by atoms with van der Waals surface area (Å²) in [6.45, 7) is 5.10.